The minimum Gasteiger partial charge on any atom is -0.490 e. The van der Waals surface area contributed by atoms with Gasteiger partial charge in [0.05, 0.1) is 17.2 Å². The molecule has 162 valence electrons. The standard InChI is InChI=1S/C26H22ClNO4/c1-3-30-24-15-18(11-12-23(24)31-16-19-8-6-7-17(2)13-19)14-22-26(29)32-25(28-22)20-9-4-5-10-21(20)27/h4-15H,3,16H2,1-2H3. The van der Waals surface area contributed by atoms with Crippen LogP contribution in [-0.4, -0.2) is 18.5 Å². The van der Waals surface area contributed by atoms with Crippen molar-refractivity contribution in [1.29, 1.82) is 0 Å². The Bertz CT molecular complexity index is 1220. The zero-order valence-electron chi connectivity index (χ0n) is 17.8. The summed E-state index contributed by atoms with van der Waals surface area (Å²) >= 11 is 6.19. The lowest BCUT2D eigenvalue weighted by molar-refractivity contribution is -0.129. The van der Waals surface area contributed by atoms with Gasteiger partial charge in [-0.05, 0) is 55.3 Å². The van der Waals surface area contributed by atoms with Gasteiger partial charge in [-0.25, -0.2) is 9.79 Å². The summed E-state index contributed by atoms with van der Waals surface area (Å²) in [4.78, 5) is 16.7. The summed E-state index contributed by atoms with van der Waals surface area (Å²) in [5, 5.41) is 0.467. The number of hydrogen-bond acceptors (Lipinski definition) is 5. The molecular formula is C26H22ClNO4. The van der Waals surface area contributed by atoms with Crippen molar-refractivity contribution in [2.75, 3.05) is 6.61 Å². The molecule has 0 N–H and O–H groups in total. The molecule has 5 nitrogen and oxygen atoms in total. The van der Waals surface area contributed by atoms with Gasteiger partial charge in [-0.3, -0.25) is 0 Å². The average molecular weight is 448 g/mol. The molecule has 1 aliphatic heterocycles. The zero-order chi connectivity index (χ0) is 22.5. The van der Waals surface area contributed by atoms with Crippen LogP contribution in [0.25, 0.3) is 6.08 Å². The van der Waals surface area contributed by atoms with Crippen LogP contribution in [0.15, 0.2) is 77.4 Å². The molecular weight excluding hydrogens is 426 g/mol. The molecule has 0 saturated heterocycles. The van der Waals surface area contributed by atoms with Gasteiger partial charge < -0.3 is 14.2 Å². The maximum absolute atomic E-state index is 12.3. The van der Waals surface area contributed by atoms with E-state index in [1.807, 2.05) is 56.3 Å². The normalized spacial score (nSPS) is 14.3. The molecule has 0 saturated carbocycles. The first-order chi connectivity index (χ1) is 15.5. The second kappa shape index (κ2) is 9.71. The Labute approximate surface area is 191 Å². The van der Waals surface area contributed by atoms with E-state index in [0.29, 0.717) is 35.3 Å². The molecule has 4 rings (SSSR count). The van der Waals surface area contributed by atoms with Crippen molar-refractivity contribution in [3.63, 3.8) is 0 Å². The number of hydrogen-bond donors (Lipinski definition) is 0. The Morgan fingerprint density at radius 1 is 1.00 bits per heavy atom. The number of benzene rings is 3. The lowest BCUT2D eigenvalue weighted by atomic mass is 10.1. The van der Waals surface area contributed by atoms with Gasteiger partial charge in [0.2, 0.25) is 5.90 Å². The fourth-order valence-corrected chi connectivity index (χ4v) is 3.50. The van der Waals surface area contributed by atoms with E-state index in [4.69, 9.17) is 25.8 Å². The molecule has 1 aliphatic rings. The molecule has 32 heavy (non-hydrogen) atoms. The van der Waals surface area contributed by atoms with Gasteiger partial charge in [0, 0.05) is 0 Å². The largest absolute Gasteiger partial charge is 0.490 e. The number of carbonyl (C=O) groups excluding carboxylic acids is 1. The topological polar surface area (TPSA) is 57.1 Å². The summed E-state index contributed by atoms with van der Waals surface area (Å²) < 4.78 is 17.1. The van der Waals surface area contributed by atoms with Gasteiger partial charge in [-0.1, -0.05) is 59.6 Å². The van der Waals surface area contributed by atoms with Gasteiger partial charge in [0.25, 0.3) is 0 Å². The maximum Gasteiger partial charge on any atom is 0.363 e. The molecule has 0 unspecified atom stereocenters. The van der Waals surface area contributed by atoms with Crippen LogP contribution in [0.4, 0.5) is 0 Å². The molecule has 3 aromatic rings. The van der Waals surface area contributed by atoms with Gasteiger partial charge in [-0.15, -0.1) is 0 Å². The van der Waals surface area contributed by atoms with Gasteiger partial charge in [-0.2, -0.15) is 0 Å². The third kappa shape index (κ3) is 5.01. The third-order valence-corrected chi connectivity index (χ3v) is 5.10. The van der Waals surface area contributed by atoms with Crippen LogP contribution < -0.4 is 9.47 Å². The average Bonchev–Trinajstić information content (AvgIpc) is 3.13. The SMILES string of the molecule is CCOc1cc(C=C2N=C(c3ccccc3Cl)OC2=O)ccc1OCc1cccc(C)c1. The highest BCUT2D eigenvalue weighted by atomic mass is 35.5. The first-order valence-corrected chi connectivity index (χ1v) is 10.6. The predicted molar refractivity (Wildman–Crippen MR) is 125 cm³/mol. The molecule has 0 bridgehead atoms. The third-order valence-electron chi connectivity index (χ3n) is 4.77. The second-order valence-corrected chi connectivity index (χ2v) is 7.64. The molecule has 0 aliphatic carbocycles. The number of halogens is 1. The maximum atomic E-state index is 12.3. The van der Waals surface area contributed by atoms with E-state index in [2.05, 4.69) is 11.1 Å². The Morgan fingerprint density at radius 2 is 1.84 bits per heavy atom. The highest BCUT2D eigenvalue weighted by Gasteiger charge is 2.25. The number of rotatable bonds is 7. The number of esters is 1. The molecule has 0 fully saturated rings. The summed E-state index contributed by atoms with van der Waals surface area (Å²) in [6.07, 6.45) is 1.65. The van der Waals surface area contributed by atoms with E-state index in [-0.39, 0.29) is 11.6 Å². The molecule has 0 spiro atoms. The van der Waals surface area contributed by atoms with Crippen LogP contribution in [0.2, 0.25) is 5.02 Å². The predicted octanol–water partition coefficient (Wildman–Crippen LogP) is 5.97. The molecule has 0 atom stereocenters. The number of aliphatic imine (C=N–C) groups is 1. The van der Waals surface area contributed by atoms with E-state index in [1.54, 1.807) is 24.3 Å². The first kappa shape index (κ1) is 21.7. The lowest BCUT2D eigenvalue weighted by Gasteiger charge is -2.13. The number of ether oxygens (including phenoxy) is 3. The summed E-state index contributed by atoms with van der Waals surface area (Å²) in [5.74, 6) is 0.883. The van der Waals surface area contributed by atoms with Crippen molar-refractivity contribution in [3.05, 3.63) is 99.7 Å². The summed E-state index contributed by atoms with van der Waals surface area (Å²) in [7, 11) is 0. The number of carbonyl (C=O) groups is 1. The summed E-state index contributed by atoms with van der Waals surface area (Å²) in [6.45, 7) is 4.87. The van der Waals surface area contributed by atoms with Crippen LogP contribution in [-0.2, 0) is 16.1 Å². The highest BCUT2D eigenvalue weighted by molar-refractivity contribution is 6.34. The van der Waals surface area contributed by atoms with Crippen LogP contribution in [0, 0.1) is 6.92 Å². The number of nitrogens with zero attached hydrogens (tertiary/aromatic N) is 1. The zero-order valence-corrected chi connectivity index (χ0v) is 18.6. The molecule has 1 heterocycles. The molecule has 3 aromatic carbocycles. The van der Waals surface area contributed by atoms with E-state index < -0.39 is 5.97 Å². The van der Waals surface area contributed by atoms with Crippen LogP contribution in [0.1, 0.15) is 29.2 Å². The lowest BCUT2D eigenvalue weighted by Crippen LogP contribution is -2.05. The molecule has 0 aromatic heterocycles. The molecule has 0 radical (unpaired) electrons. The first-order valence-electron chi connectivity index (χ1n) is 10.3. The Kier molecular flexibility index (Phi) is 6.57. The minimum atomic E-state index is -0.530. The van der Waals surface area contributed by atoms with Crippen molar-refractivity contribution in [3.8, 4) is 11.5 Å². The van der Waals surface area contributed by atoms with Crippen LogP contribution in [0.5, 0.6) is 11.5 Å². The summed E-state index contributed by atoms with van der Waals surface area (Å²) in [6, 6.07) is 20.7. The number of aryl methyl sites for hydroxylation is 1. The van der Waals surface area contributed by atoms with Gasteiger partial charge in [0.1, 0.15) is 6.61 Å². The fraction of sp³-hybridized carbons (Fsp3) is 0.154. The highest BCUT2D eigenvalue weighted by Crippen LogP contribution is 2.31. The van der Waals surface area contributed by atoms with E-state index >= 15 is 0 Å². The monoisotopic (exact) mass is 447 g/mol. The minimum absolute atomic E-state index is 0.190. The van der Waals surface area contributed by atoms with Gasteiger partial charge >= 0.3 is 5.97 Å². The Morgan fingerprint density at radius 3 is 2.62 bits per heavy atom. The van der Waals surface area contributed by atoms with Crippen molar-refractivity contribution in [2.45, 2.75) is 20.5 Å². The van der Waals surface area contributed by atoms with Crippen molar-refractivity contribution >= 4 is 29.5 Å². The van der Waals surface area contributed by atoms with Crippen LogP contribution >= 0.6 is 11.6 Å². The fourth-order valence-electron chi connectivity index (χ4n) is 3.28. The Hall–Kier alpha value is -3.57. The number of cyclic esters (lactones) is 1. The van der Waals surface area contributed by atoms with E-state index in [9.17, 15) is 4.79 Å². The smallest absolute Gasteiger partial charge is 0.363 e. The van der Waals surface area contributed by atoms with Crippen molar-refractivity contribution in [2.24, 2.45) is 4.99 Å². The van der Waals surface area contributed by atoms with E-state index in [0.717, 1.165) is 11.1 Å². The molecule has 0 amide bonds. The van der Waals surface area contributed by atoms with Crippen molar-refractivity contribution < 1.29 is 19.0 Å². The van der Waals surface area contributed by atoms with E-state index in [1.165, 1.54) is 5.56 Å². The summed E-state index contributed by atoms with van der Waals surface area (Å²) in [5.41, 5.74) is 3.76. The Balaban J connectivity index is 1.57. The molecule has 6 heteroatoms. The quantitative estimate of drug-likeness (QED) is 0.330. The van der Waals surface area contributed by atoms with Crippen molar-refractivity contribution in [1.82, 2.24) is 0 Å². The van der Waals surface area contributed by atoms with Crippen LogP contribution in [0.3, 0.4) is 0 Å². The van der Waals surface area contributed by atoms with Gasteiger partial charge in [0.15, 0.2) is 17.2 Å². The second-order valence-electron chi connectivity index (χ2n) is 7.23.